The van der Waals surface area contributed by atoms with Crippen LogP contribution in [0.4, 0.5) is 0 Å². The van der Waals surface area contributed by atoms with E-state index in [4.69, 9.17) is 8.97 Å². The van der Waals surface area contributed by atoms with Crippen LogP contribution in [-0.4, -0.2) is 23.2 Å². The number of phenols is 2. The van der Waals surface area contributed by atoms with Gasteiger partial charge in [-0.3, -0.25) is 9.35 Å². The smallest absolute Gasteiger partial charge is 0.446 e. The Morgan fingerprint density at radius 2 is 1.73 bits per heavy atom. The fourth-order valence-corrected chi connectivity index (χ4v) is 2.90. The number of hydrogen-bond donors (Lipinski definition) is 3. The fourth-order valence-electron chi connectivity index (χ4n) is 2.54. The van der Waals surface area contributed by atoms with Crippen molar-refractivity contribution in [3.05, 3.63) is 51.7 Å². The zero-order chi connectivity index (χ0) is 19.2. The molecule has 26 heavy (non-hydrogen) atoms. The Labute approximate surface area is 147 Å². The molecule has 0 amide bonds. The molecule has 1 heterocycles. The Morgan fingerprint density at radius 3 is 2.35 bits per heavy atom. The molecule has 0 saturated carbocycles. The van der Waals surface area contributed by atoms with Gasteiger partial charge in [-0.1, -0.05) is 12.1 Å². The second-order valence-electron chi connectivity index (χ2n) is 5.76. The highest BCUT2D eigenvalue weighted by Gasteiger charge is 2.24. The molecule has 3 aromatic rings. The summed E-state index contributed by atoms with van der Waals surface area (Å²) in [6, 6.07) is 7.04. The van der Waals surface area contributed by atoms with E-state index < -0.39 is 27.3 Å². The third-order valence-corrected chi connectivity index (χ3v) is 4.11. The maximum absolute atomic E-state index is 12.7. The highest BCUT2D eigenvalue weighted by molar-refractivity contribution is 7.81. The summed E-state index contributed by atoms with van der Waals surface area (Å²) in [4.78, 5) is 12.7. The molecule has 0 radical (unpaired) electrons. The highest BCUT2D eigenvalue weighted by atomic mass is 32.3. The molecule has 0 spiro atoms. The Hall–Kier alpha value is -3.04. The molecule has 3 rings (SSSR count). The minimum absolute atomic E-state index is 0.00903. The predicted octanol–water partition coefficient (Wildman–Crippen LogP) is 2.67. The second kappa shape index (κ2) is 6.04. The summed E-state index contributed by atoms with van der Waals surface area (Å²) in [5, 5.41) is 19.6. The van der Waals surface area contributed by atoms with Gasteiger partial charge in [-0.25, -0.2) is 0 Å². The van der Waals surface area contributed by atoms with Crippen LogP contribution in [0.15, 0.2) is 39.5 Å². The zero-order valence-corrected chi connectivity index (χ0v) is 14.5. The monoisotopic (exact) mass is 378 g/mol. The molecule has 0 aliphatic heterocycles. The Bertz CT molecular complexity index is 1190. The van der Waals surface area contributed by atoms with Crippen molar-refractivity contribution in [2.75, 3.05) is 0 Å². The number of benzene rings is 2. The molecule has 9 heteroatoms. The lowest BCUT2D eigenvalue weighted by molar-refractivity contribution is 0.381. The van der Waals surface area contributed by atoms with E-state index >= 15 is 0 Å². The number of hydrogen-bond acceptors (Lipinski definition) is 7. The van der Waals surface area contributed by atoms with Crippen molar-refractivity contribution in [2.24, 2.45) is 0 Å². The molecule has 0 atom stereocenters. The number of aryl methyl sites for hydroxylation is 2. The Morgan fingerprint density at radius 1 is 1.04 bits per heavy atom. The molecular formula is C17H14O8S. The zero-order valence-electron chi connectivity index (χ0n) is 13.7. The van der Waals surface area contributed by atoms with Gasteiger partial charge in [0.15, 0.2) is 5.76 Å². The average Bonchev–Trinajstić information content (AvgIpc) is 2.50. The van der Waals surface area contributed by atoms with E-state index in [2.05, 4.69) is 4.18 Å². The summed E-state index contributed by atoms with van der Waals surface area (Å²) in [7, 11) is -5.04. The molecule has 0 unspecified atom stereocenters. The van der Waals surface area contributed by atoms with Crippen LogP contribution in [0.2, 0.25) is 0 Å². The first kappa shape index (κ1) is 17.8. The number of aromatic hydroxyl groups is 2. The van der Waals surface area contributed by atoms with Crippen LogP contribution in [0.1, 0.15) is 11.1 Å². The van der Waals surface area contributed by atoms with Crippen molar-refractivity contribution in [3.8, 4) is 28.6 Å². The minimum Gasteiger partial charge on any atom is -0.508 e. The molecular weight excluding hydrogens is 364 g/mol. The van der Waals surface area contributed by atoms with Crippen LogP contribution < -0.4 is 9.61 Å². The Kier molecular flexibility index (Phi) is 4.13. The number of phenolic OH excluding ortho intramolecular Hbond substituents is 2. The van der Waals surface area contributed by atoms with E-state index in [1.165, 1.54) is 30.3 Å². The molecule has 1 aromatic heterocycles. The number of fused-ring (bicyclic) bond motifs is 1. The molecule has 0 bridgehead atoms. The van der Waals surface area contributed by atoms with Crippen LogP contribution >= 0.6 is 0 Å². The van der Waals surface area contributed by atoms with E-state index in [-0.39, 0.29) is 28.0 Å². The lowest BCUT2D eigenvalue weighted by Gasteiger charge is -2.11. The molecule has 0 aliphatic rings. The first-order chi connectivity index (χ1) is 12.1. The van der Waals surface area contributed by atoms with Gasteiger partial charge in [0.05, 0.1) is 0 Å². The van der Waals surface area contributed by atoms with E-state index in [0.717, 1.165) is 0 Å². The lowest BCUT2D eigenvalue weighted by atomic mass is 10.1. The van der Waals surface area contributed by atoms with Crippen molar-refractivity contribution >= 4 is 21.4 Å². The highest BCUT2D eigenvalue weighted by Crippen LogP contribution is 2.36. The normalized spacial score (nSPS) is 11.7. The molecule has 2 aromatic carbocycles. The summed E-state index contributed by atoms with van der Waals surface area (Å²) in [5.74, 6) is -1.69. The van der Waals surface area contributed by atoms with E-state index in [1.807, 2.05) is 0 Å². The second-order valence-corrected chi connectivity index (χ2v) is 6.78. The van der Waals surface area contributed by atoms with Gasteiger partial charge in [0.25, 0.3) is 0 Å². The van der Waals surface area contributed by atoms with E-state index in [9.17, 15) is 23.4 Å². The average molecular weight is 378 g/mol. The van der Waals surface area contributed by atoms with Gasteiger partial charge in [-0.2, -0.15) is 8.42 Å². The van der Waals surface area contributed by atoms with Crippen LogP contribution in [-0.2, 0) is 10.4 Å². The summed E-state index contributed by atoms with van der Waals surface area (Å²) in [6.45, 7) is 3.31. The van der Waals surface area contributed by atoms with Crippen LogP contribution in [0.5, 0.6) is 17.2 Å². The molecule has 0 saturated heterocycles. The van der Waals surface area contributed by atoms with Crippen molar-refractivity contribution in [2.45, 2.75) is 13.8 Å². The van der Waals surface area contributed by atoms with Crippen molar-refractivity contribution in [1.29, 1.82) is 0 Å². The van der Waals surface area contributed by atoms with E-state index in [1.54, 1.807) is 13.8 Å². The van der Waals surface area contributed by atoms with Gasteiger partial charge in [-0.15, -0.1) is 0 Å². The van der Waals surface area contributed by atoms with Crippen molar-refractivity contribution < 1.29 is 31.8 Å². The summed E-state index contributed by atoms with van der Waals surface area (Å²) in [5.41, 5.74) is 0.287. The van der Waals surface area contributed by atoms with Gasteiger partial charge in [0.2, 0.25) is 11.2 Å². The largest absolute Gasteiger partial charge is 0.508 e. The van der Waals surface area contributed by atoms with E-state index in [0.29, 0.717) is 11.1 Å². The van der Waals surface area contributed by atoms with Crippen molar-refractivity contribution in [1.82, 2.24) is 0 Å². The molecule has 8 nitrogen and oxygen atoms in total. The van der Waals surface area contributed by atoms with Crippen LogP contribution in [0, 0.1) is 13.8 Å². The van der Waals surface area contributed by atoms with Gasteiger partial charge < -0.3 is 18.8 Å². The predicted molar refractivity (Wildman–Crippen MR) is 92.9 cm³/mol. The molecule has 0 aliphatic carbocycles. The maximum Gasteiger partial charge on any atom is 0.446 e. The quantitative estimate of drug-likeness (QED) is 0.592. The molecule has 136 valence electrons. The minimum atomic E-state index is -5.04. The first-order valence-electron chi connectivity index (χ1n) is 7.34. The fraction of sp³-hybridized carbons (Fsp3) is 0.118. The van der Waals surface area contributed by atoms with Gasteiger partial charge >= 0.3 is 10.4 Å². The standard InChI is InChI=1S/C17H14O8S/c1-8-5-12(19)14-13(6-8)24-16(10-4-3-9(2)11(18)7-10)17(15(14)20)25-26(21,22)23/h3-7,18-19H,1-2H3,(H,21,22,23). The summed E-state index contributed by atoms with van der Waals surface area (Å²) < 4.78 is 41.4. The molecule has 0 fully saturated rings. The SMILES string of the molecule is Cc1cc(O)c2c(=O)c(OS(=O)(=O)O)c(-c3ccc(C)c(O)c3)oc2c1. The van der Waals surface area contributed by atoms with Gasteiger partial charge in [0, 0.05) is 5.56 Å². The Balaban J connectivity index is 2.44. The van der Waals surface area contributed by atoms with Gasteiger partial charge in [0.1, 0.15) is 22.5 Å². The molecule has 3 N–H and O–H groups in total. The summed E-state index contributed by atoms with van der Waals surface area (Å²) >= 11 is 0. The maximum atomic E-state index is 12.7. The van der Waals surface area contributed by atoms with Crippen LogP contribution in [0.3, 0.4) is 0 Å². The van der Waals surface area contributed by atoms with Gasteiger partial charge in [-0.05, 0) is 43.2 Å². The van der Waals surface area contributed by atoms with Crippen LogP contribution in [0.25, 0.3) is 22.3 Å². The summed E-state index contributed by atoms with van der Waals surface area (Å²) in [6.07, 6.45) is 0. The third-order valence-electron chi connectivity index (χ3n) is 3.74. The number of rotatable bonds is 3. The first-order valence-corrected chi connectivity index (χ1v) is 8.70. The third kappa shape index (κ3) is 3.22. The lowest BCUT2D eigenvalue weighted by Crippen LogP contribution is -2.15. The van der Waals surface area contributed by atoms with Crippen molar-refractivity contribution in [3.63, 3.8) is 0 Å². The topological polar surface area (TPSA) is 134 Å².